The lowest BCUT2D eigenvalue weighted by atomic mass is 10.1. The molecule has 3 aromatic carbocycles. The highest BCUT2D eigenvalue weighted by Gasteiger charge is 2.27. The van der Waals surface area contributed by atoms with Crippen LogP contribution in [-0.2, 0) is 11.2 Å². The summed E-state index contributed by atoms with van der Waals surface area (Å²) in [5.74, 6) is 1.13. The Kier molecular flexibility index (Phi) is 4.21. The van der Waals surface area contributed by atoms with Gasteiger partial charge in [-0.25, -0.2) is 9.98 Å². The maximum atomic E-state index is 13.5. The first-order chi connectivity index (χ1) is 14.3. The first-order valence-corrected chi connectivity index (χ1v) is 9.53. The molecule has 0 saturated heterocycles. The van der Waals surface area contributed by atoms with E-state index in [1.165, 1.54) is 0 Å². The van der Waals surface area contributed by atoms with Crippen molar-refractivity contribution in [1.29, 1.82) is 0 Å². The molecule has 0 bridgehead atoms. The molecule has 1 unspecified atom stereocenters. The van der Waals surface area contributed by atoms with E-state index >= 15 is 0 Å². The molecule has 1 aliphatic heterocycles. The zero-order chi connectivity index (χ0) is 19.8. The smallest absolute Gasteiger partial charge is 0.266 e. The van der Waals surface area contributed by atoms with Crippen LogP contribution in [0.3, 0.4) is 0 Å². The van der Waals surface area contributed by atoms with E-state index in [2.05, 4.69) is 12.1 Å². The summed E-state index contributed by atoms with van der Waals surface area (Å²) in [6.07, 6.45) is 0.618. The molecule has 0 N–H and O–H groups in total. The number of hydrogen-bond acceptors (Lipinski definition) is 4. The molecule has 2 heterocycles. The number of rotatable bonds is 2. The van der Waals surface area contributed by atoms with Crippen LogP contribution in [0.5, 0.6) is 0 Å². The number of para-hydroxylation sites is 2. The average Bonchev–Trinajstić information content (AvgIpc) is 2.90. The summed E-state index contributed by atoms with van der Waals surface area (Å²) in [7, 11) is 1.61. The van der Waals surface area contributed by atoms with Crippen molar-refractivity contribution in [2.45, 2.75) is 12.5 Å². The number of nitrogens with zero attached hydrogens (tertiary/aromatic N) is 3. The topological polar surface area (TPSA) is 56.5 Å². The average molecular weight is 381 g/mol. The molecule has 5 rings (SSSR count). The van der Waals surface area contributed by atoms with E-state index in [4.69, 9.17) is 14.7 Å². The Balaban J connectivity index is 1.83. The quantitative estimate of drug-likeness (QED) is 0.526. The van der Waals surface area contributed by atoms with Crippen LogP contribution < -0.4 is 5.56 Å². The minimum atomic E-state index is -0.350. The van der Waals surface area contributed by atoms with Gasteiger partial charge in [-0.05, 0) is 29.8 Å². The Morgan fingerprint density at radius 1 is 0.931 bits per heavy atom. The molecule has 0 amide bonds. The molecule has 0 fully saturated rings. The van der Waals surface area contributed by atoms with Crippen LogP contribution in [0.1, 0.15) is 23.0 Å². The Bertz CT molecular complexity index is 1290. The van der Waals surface area contributed by atoms with Gasteiger partial charge >= 0.3 is 0 Å². The van der Waals surface area contributed by atoms with Crippen LogP contribution in [0.4, 0.5) is 0 Å². The maximum absolute atomic E-state index is 13.5. The molecule has 1 aromatic heterocycles. The molecule has 5 heteroatoms. The van der Waals surface area contributed by atoms with Crippen molar-refractivity contribution in [3.8, 4) is 5.69 Å². The Hall–Kier alpha value is -3.73. The molecule has 0 spiro atoms. The third-order valence-corrected chi connectivity index (χ3v) is 5.21. The van der Waals surface area contributed by atoms with E-state index in [0.29, 0.717) is 29.0 Å². The molecule has 0 saturated carbocycles. The van der Waals surface area contributed by atoms with Gasteiger partial charge in [-0.1, -0.05) is 54.6 Å². The van der Waals surface area contributed by atoms with E-state index in [0.717, 1.165) is 16.8 Å². The van der Waals surface area contributed by atoms with Crippen LogP contribution in [-0.4, -0.2) is 22.6 Å². The van der Waals surface area contributed by atoms with E-state index < -0.39 is 0 Å². The molecule has 29 heavy (non-hydrogen) atoms. The fourth-order valence-electron chi connectivity index (χ4n) is 3.86. The molecule has 4 aromatic rings. The lowest BCUT2D eigenvalue weighted by molar-refractivity contribution is 0.399. The normalized spacial score (nSPS) is 15.2. The lowest BCUT2D eigenvalue weighted by Crippen LogP contribution is -2.25. The van der Waals surface area contributed by atoms with E-state index in [-0.39, 0.29) is 11.6 Å². The highest BCUT2D eigenvalue weighted by Crippen LogP contribution is 2.30. The summed E-state index contributed by atoms with van der Waals surface area (Å²) in [5.41, 5.74) is 3.23. The number of benzene rings is 3. The highest BCUT2D eigenvalue weighted by molar-refractivity contribution is 5.98. The SMILES string of the molecule is COC1=NC(Cc2ccccc2)c2nc3ccccc3c(=O)n2-c2ccccc21. The van der Waals surface area contributed by atoms with E-state index in [1.807, 2.05) is 66.7 Å². The van der Waals surface area contributed by atoms with Crippen LogP contribution in [0.2, 0.25) is 0 Å². The van der Waals surface area contributed by atoms with Crippen LogP contribution in [0, 0.1) is 0 Å². The second-order valence-corrected chi connectivity index (χ2v) is 6.99. The van der Waals surface area contributed by atoms with E-state index in [1.54, 1.807) is 11.7 Å². The van der Waals surface area contributed by atoms with Gasteiger partial charge in [0.1, 0.15) is 11.9 Å². The summed E-state index contributed by atoms with van der Waals surface area (Å²) < 4.78 is 7.34. The van der Waals surface area contributed by atoms with Gasteiger partial charge in [0, 0.05) is 6.42 Å². The zero-order valence-electron chi connectivity index (χ0n) is 15.9. The summed E-state index contributed by atoms with van der Waals surface area (Å²) in [6, 6.07) is 24.9. The van der Waals surface area contributed by atoms with Gasteiger partial charge in [0.05, 0.1) is 29.3 Å². The fraction of sp³-hybridized carbons (Fsp3) is 0.125. The Morgan fingerprint density at radius 2 is 1.66 bits per heavy atom. The lowest BCUT2D eigenvalue weighted by Gasteiger charge is -2.17. The molecule has 1 aliphatic rings. The van der Waals surface area contributed by atoms with Crippen molar-refractivity contribution in [3.63, 3.8) is 0 Å². The minimum Gasteiger partial charge on any atom is -0.481 e. The first-order valence-electron chi connectivity index (χ1n) is 9.53. The van der Waals surface area contributed by atoms with Crippen LogP contribution in [0.25, 0.3) is 16.6 Å². The third kappa shape index (κ3) is 2.91. The van der Waals surface area contributed by atoms with Gasteiger partial charge in [-0.3, -0.25) is 9.36 Å². The number of aliphatic imine (C=N–C) groups is 1. The Morgan fingerprint density at radius 3 is 2.48 bits per heavy atom. The van der Waals surface area contributed by atoms with Gasteiger partial charge < -0.3 is 4.74 Å². The molecular formula is C24H19N3O2. The minimum absolute atomic E-state index is 0.0938. The van der Waals surface area contributed by atoms with Gasteiger partial charge in [-0.15, -0.1) is 0 Å². The molecular weight excluding hydrogens is 362 g/mol. The van der Waals surface area contributed by atoms with Crippen LogP contribution >= 0.6 is 0 Å². The van der Waals surface area contributed by atoms with Gasteiger partial charge in [-0.2, -0.15) is 0 Å². The second-order valence-electron chi connectivity index (χ2n) is 6.99. The molecule has 1 atom stereocenters. The second kappa shape index (κ2) is 7.02. The summed E-state index contributed by atoms with van der Waals surface area (Å²) >= 11 is 0. The summed E-state index contributed by atoms with van der Waals surface area (Å²) in [4.78, 5) is 23.3. The predicted molar refractivity (Wildman–Crippen MR) is 114 cm³/mol. The largest absolute Gasteiger partial charge is 0.481 e. The summed E-state index contributed by atoms with van der Waals surface area (Å²) in [5, 5.41) is 0.588. The van der Waals surface area contributed by atoms with Gasteiger partial charge in [0.25, 0.3) is 5.56 Å². The molecule has 0 radical (unpaired) electrons. The standard InChI is InChI=1S/C24H19N3O2/c1-29-23-18-12-6-8-14-21(18)27-22(20(26-23)15-16-9-3-2-4-10-16)25-19-13-7-5-11-17(19)24(27)28/h2-14,20H,15H2,1H3. The van der Waals surface area contributed by atoms with Crippen molar-refractivity contribution in [2.75, 3.05) is 7.11 Å². The first kappa shape index (κ1) is 17.4. The number of hydrogen-bond donors (Lipinski definition) is 0. The Labute approximate surface area is 168 Å². The number of ether oxygens (including phenoxy) is 1. The van der Waals surface area contributed by atoms with E-state index in [9.17, 15) is 4.79 Å². The number of aromatic nitrogens is 2. The number of fused-ring (bicyclic) bond motifs is 4. The van der Waals surface area contributed by atoms with Gasteiger partial charge in [0.15, 0.2) is 0 Å². The molecule has 0 aliphatic carbocycles. The van der Waals surface area contributed by atoms with Crippen molar-refractivity contribution in [3.05, 3.63) is 106 Å². The molecule has 5 nitrogen and oxygen atoms in total. The highest BCUT2D eigenvalue weighted by atomic mass is 16.5. The van der Waals surface area contributed by atoms with Gasteiger partial charge in [0.2, 0.25) is 5.90 Å². The molecule has 142 valence electrons. The number of methoxy groups -OCH3 is 1. The maximum Gasteiger partial charge on any atom is 0.266 e. The fourth-order valence-corrected chi connectivity index (χ4v) is 3.86. The predicted octanol–water partition coefficient (Wildman–Crippen LogP) is 4.08. The third-order valence-electron chi connectivity index (χ3n) is 5.21. The van der Waals surface area contributed by atoms with Crippen molar-refractivity contribution >= 4 is 16.8 Å². The van der Waals surface area contributed by atoms with Crippen molar-refractivity contribution in [2.24, 2.45) is 4.99 Å². The van der Waals surface area contributed by atoms with Crippen molar-refractivity contribution < 1.29 is 4.74 Å². The van der Waals surface area contributed by atoms with Crippen molar-refractivity contribution in [1.82, 2.24) is 9.55 Å². The monoisotopic (exact) mass is 381 g/mol. The zero-order valence-corrected chi connectivity index (χ0v) is 15.9. The summed E-state index contributed by atoms with van der Waals surface area (Å²) in [6.45, 7) is 0. The van der Waals surface area contributed by atoms with Crippen LogP contribution in [0.15, 0.2) is 88.6 Å².